The summed E-state index contributed by atoms with van der Waals surface area (Å²) < 4.78 is 38.3. The monoisotopic (exact) mass is 428 g/mol. The van der Waals surface area contributed by atoms with Crippen LogP contribution in [-0.4, -0.2) is 41.8 Å². The predicted octanol–water partition coefficient (Wildman–Crippen LogP) is 2.31. The van der Waals surface area contributed by atoms with Crippen molar-refractivity contribution in [3.63, 3.8) is 0 Å². The molecule has 1 saturated heterocycles. The van der Waals surface area contributed by atoms with Crippen LogP contribution >= 0.6 is 28.3 Å². The lowest BCUT2D eigenvalue weighted by Gasteiger charge is -2.14. The van der Waals surface area contributed by atoms with E-state index >= 15 is 0 Å². The zero-order valence-electron chi connectivity index (χ0n) is 13.1. The second kappa shape index (κ2) is 9.08. The molecular formula is C14H22BrClN2O4S. The molecular weight excluding hydrogens is 408 g/mol. The summed E-state index contributed by atoms with van der Waals surface area (Å²) >= 11 is 3.28. The van der Waals surface area contributed by atoms with Crippen molar-refractivity contribution >= 4 is 38.4 Å². The first-order valence-corrected chi connectivity index (χ1v) is 9.40. The number of benzene rings is 1. The zero-order chi connectivity index (χ0) is 16.2. The topological polar surface area (TPSA) is 76.7 Å². The molecule has 1 aliphatic heterocycles. The fraction of sp³-hybridized carbons (Fsp3) is 0.571. The van der Waals surface area contributed by atoms with Crippen molar-refractivity contribution in [2.45, 2.75) is 30.2 Å². The second-order valence-corrected chi connectivity index (χ2v) is 7.71. The van der Waals surface area contributed by atoms with E-state index in [1.165, 1.54) is 20.3 Å². The number of hydrogen-bond donors (Lipinski definition) is 2. The van der Waals surface area contributed by atoms with Crippen molar-refractivity contribution in [1.29, 1.82) is 0 Å². The Balaban J connectivity index is 0.00000264. The molecule has 1 aromatic carbocycles. The lowest BCUT2D eigenvalue weighted by atomic mass is 10.2. The molecule has 0 spiro atoms. The molecule has 23 heavy (non-hydrogen) atoms. The molecule has 6 nitrogen and oxygen atoms in total. The molecule has 0 amide bonds. The Bertz CT molecular complexity index is 621. The van der Waals surface area contributed by atoms with Crippen LogP contribution in [0.3, 0.4) is 0 Å². The number of sulfonamides is 1. The molecule has 1 atom stereocenters. The van der Waals surface area contributed by atoms with E-state index < -0.39 is 10.0 Å². The Morgan fingerprint density at radius 1 is 1.30 bits per heavy atom. The molecule has 2 N–H and O–H groups in total. The van der Waals surface area contributed by atoms with Crippen molar-refractivity contribution in [2.24, 2.45) is 0 Å². The highest BCUT2D eigenvalue weighted by Crippen LogP contribution is 2.35. The summed E-state index contributed by atoms with van der Waals surface area (Å²) in [5.41, 5.74) is 0. The molecule has 2 rings (SSSR count). The van der Waals surface area contributed by atoms with Crippen molar-refractivity contribution < 1.29 is 17.9 Å². The minimum atomic E-state index is -3.60. The minimum absolute atomic E-state index is 0. The van der Waals surface area contributed by atoms with E-state index in [1.54, 1.807) is 6.07 Å². The normalized spacial score (nSPS) is 17.6. The van der Waals surface area contributed by atoms with E-state index in [2.05, 4.69) is 26.0 Å². The molecule has 9 heteroatoms. The largest absolute Gasteiger partial charge is 0.493 e. The van der Waals surface area contributed by atoms with E-state index in [1.807, 2.05) is 0 Å². The van der Waals surface area contributed by atoms with Crippen LogP contribution < -0.4 is 19.5 Å². The average molecular weight is 430 g/mol. The van der Waals surface area contributed by atoms with Gasteiger partial charge < -0.3 is 14.8 Å². The number of methoxy groups -OCH3 is 2. The molecule has 0 aliphatic carbocycles. The summed E-state index contributed by atoms with van der Waals surface area (Å²) in [4.78, 5) is 0.143. The molecule has 0 bridgehead atoms. The summed E-state index contributed by atoms with van der Waals surface area (Å²) in [5.74, 6) is 0.854. The summed E-state index contributed by atoms with van der Waals surface area (Å²) in [7, 11) is -0.622. The third-order valence-corrected chi connectivity index (χ3v) is 6.09. The SMILES string of the molecule is COc1cc(Br)c(S(=O)(=O)NCC[C@H]2CCCN2)cc1OC.Cl. The van der Waals surface area contributed by atoms with Gasteiger partial charge in [0.2, 0.25) is 10.0 Å². The maximum Gasteiger partial charge on any atom is 0.241 e. The van der Waals surface area contributed by atoms with E-state index in [0.29, 0.717) is 28.6 Å². The van der Waals surface area contributed by atoms with Gasteiger partial charge in [-0.1, -0.05) is 0 Å². The first-order chi connectivity index (χ1) is 10.5. The molecule has 1 heterocycles. The van der Waals surface area contributed by atoms with E-state index in [9.17, 15) is 8.42 Å². The van der Waals surface area contributed by atoms with Crippen LogP contribution in [0.2, 0.25) is 0 Å². The smallest absolute Gasteiger partial charge is 0.241 e. The highest BCUT2D eigenvalue weighted by Gasteiger charge is 2.22. The van der Waals surface area contributed by atoms with Gasteiger partial charge in [-0.05, 0) is 47.8 Å². The first kappa shape index (κ1) is 20.5. The Morgan fingerprint density at radius 2 is 1.96 bits per heavy atom. The van der Waals surface area contributed by atoms with Crippen LogP contribution in [-0.2, 0) is 10.0 Å². The van der Waals surface area contributed by atoms with Gasteiger partial charge in [0.1, 0.15) is 4.90 Å². The number of nitrogens with one attached hydrogen (secondary N) is 2. The van der Waals surface area contributed by atoms with Crippen LogP contribution in [0.15, 0.2) is 21.5 Å². The number of hydrogen-bond acceptors (Lipinski definition) is 5. The first-order valence-electron chi connectivity index (χ1n) is 7.12. The minimum Gasteiger partial charge on any atom is -0.493 e. The molecule has 0 radical (unpaired) electrons. The summed E-state index contributed by atoms with van der Waals surface area (Å²) in [6, 6.07) is 3.45. The van der Waals surface area contributed by atoms with Crippen LogP contribution in [0.1, 0.15) is 19.3 Å². The number of halogens is 2. The Labute approximate surface area is 151 Å². The molecule has 0 aromatic heterocycles. The van der Waals surface area contributed by atoms with Crippen molar-refractivity contribution in [3.05, 3.63) is 16.6 Å². The number of rotatable bonds is 7. The van der Waals surface area contributed by atoms with Crippen molar-refractivity contribution in [1.82, 2.24) is 10.0 Å². The van der Waals surface area contributed by atoms with Gasteiger partial charge in [0.15, 0.2) is 11.5 Å². The van der Waals surface area contributed by atoms with E-state index in [-0.39, 0.29) is 17.3 Å². The third kappa shape index (κ3) is 5.22. The fourth-order valence-electron chi connectivity index (χ4n) is 2.49. The standard InChI is InChI=1S/C14H21BrN2O4S.ClH/c1-20-12-8-11(15)14(9-13(12)21-2)22(18,19)17-7-5-10-4-3-6-16-10;/h8-10,16-17H,3-7H2,1-2H3;1H/t10-;/m1./s1. The van der Waals surface area contributed by atoms with Crippen LogP contribution in [0.5, 0.6) is 11.5 Å². The quantitative estimate of drug-likeness (QED) is 0.695. The van der Waals surface area contributed by atoms with Gasteiger partial charge in [-0.15, -0.1) is 12.4 Å². The average Bonchev–Trinajstić information content (AvgIpc) is 2.99. The highest BCUT2D eigenvalue weighted by molar-refractivity contribution is 9.10. The molecule has 132 valence electrons. The lowest BCUT2D eigenvalue weighted by molar-refractivity contribution is 0.353. The van der Waals surface area contributed by atoms with Gasteiger partial charge in [-0.3, -0.25) is 0 Å². The van der Waals surface area contributed by atoms with Gasteiger partial charge in [0.25, 0.3) is 0 Å². The molecule has 0 unspecified atom stereocenters. The predicted molar refractivity (Wildman–Crippen MR) is 95.3 cm³/mol. The van der Waals surface area contributed by atoms with Crippen LogP contribution in [0.4, 0.5) is 0 Å². The maximum atomic E-state index is 12.4. The van der Waals surface area contributed by atoms with Gasteiger partial charge in [-0.25, -0.2) is 13.1 Å². The molecule has 1 aliphatic rings. The molecule has 1 fully saturated rings. The third-order valence-electron chi connectivity index (χ3n) is 3.67. The summed E-state index contributed by atoms with van der Waals surface area (Å²) in [6.07, 6.45) is 3.03. The Morgan fingerprint density at radius 3 is 2.52 bits per heavy atom. The Hall–Kier alpha value is -0.540. The fourth-order valence-corrected chi connectivity index (χ4v) is 4.57. The Kier molecular flexibility index (Phi) is 8.09. The molecule has 1 aromatic rings. The van der Waals surface area contributed by atoms with Gasteiger partial charge in [0.05, 0.1) is 14.2 Å². The van der Waals surface area contributed by atoms with Crippen molar-refractivity contribution in [2.75, 3.05) is 27.3 Å². The second-order valence-electron chi connectivity index (χ2n) is 5.12. The van der Waals surface area contributed by atoms with Gasteiger partial charge >= 0.3 is 0 Å². The van der Waals surface area contributed by atoms with Gasteiger partial charge in [-0.2, -0.15) is 0 Å². The lowest BCUT2D eigenvalue weighted by Crippen LogP contribution is -2.30. The van der Waals surface area contributed by atoms with Crippen molar-refractivity contribution in [3.8, 4) is 11.5 Å². The summed E-state index contributed by atoms with van der Waals surface area (Å²) in [5, 5.41) is 3.35. The maximum absolute atomic E-state index is 12.4. The van der Waals surface area contributed by atoms with E-state index in [0.717, 1.165) is 25.8 Å². The summed E-state index contributed by atoms with van der Waals surface area (Å²) in [6.45, 7) is 1.42. The molecule has 0 saturated carbocycles. The van der Waals surface area contributed by atoms with Crippen LogP contribution in [0.25, 0.3) is 0 Å². The number of ether oxygens (including phenoxy) is 2. The zero-order valence-corrected chi connectivity index (χ0v) is 16.3. The van der Waals surface area contributed by atoms with Gasteiger partial charge in [0, 0.05) is 23.1 Å². The highest BCUT2D eigenvalue weighted by atomic mass is 79.9. The van der Waals surface area contributed by atoms with E-state index in [4.69, 9.17) is 9.47 Å². The van der Waals surface area contributed by atoms with Crippen LogP contribution in [0, 0.1) is 0 Å².